The van der Waals surface area contributed by atoms with Crippen LogP contribution in [0.25, 0.3) is 0 Å². The smallest absolute Gasteiger partial charge is 0.301 e. The van der Waals surface area contributed by atoms with Gasteiger partial charge in [0.15, 0.2) is 0 Å². The molecule has 0 aliphatic carbocycles. The monoisotopic (exact) mass is 271 g/mol. The van der Waals surface area contributed by atoms with Crippen molar-refractivity contribution in [1.82, 2.24) is 4.31 Å². The fraction of sp³-hybridized carbons (Fsp3) is 0.500. The van der Waals surface area contributed by atoms with Gasteiger partial charge in [-0.3, -0.25) is 4.72 Å². The zero-order valence-electron chi connectivity index (χ0n) is 11.1. The lowest BCUT2D eigenvalue weighted by molar-refractivity contribution is 0.468. The summed E-state index contributed by atoms with van der Waals surface area (Å²) in [5, 5.41) is 0. The van der Waals surface area contributed by atoms with Gasteiger partial charge in [0.2, 0.25) is 0 Å². The molecule has 0 atom stereocenters. The highest BCUT2D eigenvalue weighted by atomic mass is 32.2. The topological polar surface area (TPSA) is 75.4 Å². The third-order valence-electron chi connectivity index (χ3n) is 2.56. The van der Waals surface area contributed by atoms with Gasteiger partial charge in [-0.2, -0.15) is 12.7 Å². The molecule has 0 radical (unpaired) electrons. The second-order valence-corrected chi connectivity index (χ2v) is 6.22. The molecule has 18 heavy (non-hydrogen) atoms. The van der Waals surface area contributed by atoms with Gasteiger partial charge in [-0.15, -0.1) is 0 Å². The summed E-state index contributed by atoms with van der Waals surface area (Å²) in [5.74, 6) is 0. The van der Waals surface area contributed by atoms with E-state index in [4.69, 9.17) is 5.73 Å². The minimum Gasteiger partial charge on any atom is -0.330 e. The first-order chi connectivity index (χ1) is 8.35. The summed E-state index contributed by atoms with van der Waals surface area (Å²) < 4.78 is 27.8. The number of rotatable bonds is 6. The van der Waals surface area contributed by atoms with Crippen LogP contribution >= 0.6 is 0 Å². The van der Waals surface area contributed by atoms with E-state index in [9.17, 15) is 8.42 Å². The molecule has 1 aromatic rings. The van der Waals surface area contributed by atoms with E-state index in [0.29, 0.717) is 25.2 Å². The van der Waals surface area contributed by atoms with Crippen LogP contribution in [0.5, 0.6) is 0 Å². The molecule has 0 saturated heterocycles. The number of nitrogens with one attached hydrogen (secondary N) is 1. The molecule has 0 amide bonds. The number of aryl methyl sites for hydroxylation is 2. The van der Waals surface area contributed by atoms with Crippen molar-refractivity contribution in [2.24, 2.45) is 5.73 Å². The van der Waals surface area contributed by atoms with Gasteiger partial charge in [-0.25, -0.2) is 0 Å². The summed E-state index contributed by atoms with van der Waals surface area (Å²) in [6.07, 6.45) is 0.643. The van der Waals surface area contributed by atoms with Crippen LogP contribution in [-0.2, 0) is 10.2 Å². The maximum absolute atomic E-state index is 12.0. The lowest BCUT2D eigenvalue weighted by atomic mass is 10.1. The normalized spacial score (nSPS) is 11.8. The van der Waals surface area contributed by atoms with E-state index in [1.54, 1.807) is 19.2 Å². The zero-order chi connectivity index (χ0) is 13.8. The zero-order valence-corrected chi connectivity index (χ0v) is 11.9. The number of anilines is 1. The Morgan fingerprint density at radius 1 is 1.22 bits per heavy atom. The van der Waals surface area contributed by atoms with Gasteiger partial charge in [-0.1, -0.05) is 6.07 Å². The summed E-state index contributed by atoms with van der Waals surface area (Å²) in [5.41, 5.74) is 8.01. The highest BCUT2D eigenvalue weighted by molar-refractivity contribution is 7.90. The van der Waals surface area contributed by atoms with Crippen LogP contribution in [0.1, 0.15) is 17.5 Å². The minimum atomic E-state index is -3.49. The summed E-state index contributed by atoms with van der Waals surface area (Å²) in [7, 11) is -1.95. The SMILES string of the molecule is Cc1cc(C)cc(NS(=O)(=O)N(C)CCCN)c1. The molecule has 3 N–H and O–H groups in total. The Bertz CT molecular complexity index is 480. The van der Waals surface area contributed by atoms with Crippen LogP contribution in [0.3, 0.4) is 0 Å². The quantitative estimate of drug-likeness (QED) is 0.817. The summed E-state index contributed by atoms with van der Waals surface area (Å²) in [4.78, 5) is 0. The van der Waals surface area contributed by atoms with Gasteiger partial charge in [0.25, 0.3) is 0 Å². The van der Waals surface area contributed by atoms with Crippen LogP contribution in [0.2, 0.25) is 0 Å². The summed E-state index contributed by atoms with van der Waals surface area (Å²) in [6.45, 7) is 4.76. The molecule has 6 heteroatoms. The maximum Gasteiger partial charge on any atom is 0.301 e. The highest BCUT2D eigenvalue weighted by Gasteiger charge is 2.16. The number of hydrogen-bond acceptors (Lipinski definition) is 3. The van der Waals surface area contributed by atoms with E-state index in [2.05, 4.69) is 4.72 Å². The molecule has 0 aliphatic rings. The molecule has 0 fully saturated rings. The van der Waals surface area contributed by atoms with Crippen LogP contribution in [0, 0.1) is 13.8 Å². The number of benzene rings is 1. The molecule has 0 unspecified atom stereocenters. The Kier molecular flexibility index (Phi) is 5.13. The lowest BCUT2D eigenvalue weighted by Gasteiger charge is -2.18. The van der Waals surface area contributed by atoms with E-state index >= 15 is 0 Å². The second kappa shape index (κ2) is 6.17. The third-order valence-corrected chi connectivity index (χ3v) is 4.05. The van der Waals surface area contributed by atoms with Gasteiger partial charge in [0.1, 0.15) is 0 Å². The van der Waals surface area contributed by atoms with E-state index in [1.165, 1.54) is 4.31 Å². The fourth-order valence-electron chi connectivity index (χ4n) is 1.69. The molecule has 0 spiro atoms. The Balaban J connectivity index is 2.81. The lowest BCUT2D eigenvalue weighted by Crippen LogP contribution is -2.34. The largest absolute Gasteiger partial charge is 0.330 e. The van der Waals surface area contributed by atoms with Crippen LogP contribution in [0.15, 0.2) is 18.2 Å². The maximum atomic E-state index is 12.0. The van der Waals surface area contributed by atoms with Crippen molar-refractivity contribution in [2.45, 2.75) is 20.3 Å². The van der Waals surface area contributed by atoms with Gasteiger partial charge in [-0.05, 0) is 50.1 Å². The third kappa shape index (κ3) is 4.29. The van der Waals surface area contributed by atoms with Crippen molar-refractivity contribution in [3.8, 4) is 0 Å². The van der Waals surface area contributed by atoms with Crippen molar-refractivity contribution in [2.75, 3.05) is 24.9 Å². The molecule has 0 bridgehead atoms. The summed E-state index contributed by atoms with van der Waals surface area (Å²) >= 11 is 0. The minimum absolute atomic E-state index is 0.413. The first kappa shape index (κ1) is 14.9. The van der Waals surface area contributed by atoms with Crippen LogP contribution in [-0.4, -0.2) is 32.9 Å². The first-order valence-corrected chi connectivity index (χ1v) is 7.31. The summed E-state index contributed by atoms with van der Waals surface area (Å²) in [6, 6.07) is 5.61. The highest BCUT2D eigenvalue weighted by Crippen LogP contribution is 2.16. The second-order valence-electron chi connectivity index (χ2n) is 4.45. The van der Waals surface area contributed by atoms with E-state index < -0.39 is 10.2 Å². The standard InChI is InChI=1S/C12H21N3O2S/c1-10-7-11(2)9-12(8-10)14-18(16,17)15(3)6-4-5-13/h7-9,14H,4-6,13H2,1-3H3. The van der Waals surface area contributed by atoms with Crippen LogP contribution in [0.4, 0.5) is 5.69 Å². The van der Waals surface area contributed by atoms with E-state index in [-0.39, 0.29) is 0 Å². The molecule has 0 aliphatic heterocycles. The Morgan fingerprint density at radius 2 is 1.78 bits per heavy atom. The number of nitrogens with two attached hydrogens (primary N) is 1. The molecule has 102 valence electrons. The molecule has 0 saturated carbocycles. The van der Waals surface area contributed by atoms with Gasteiger partial charge < -0.3 is 5.73 Å². The molecule has 5 nitrogen and oxygen atoms in total. The van der Waals surface area contributed by atoms with Crippen LogP contribution < -0.4 is 10.5 Å². The van der Waals surface area contributed by atoms with Gasteiger partial charge in [0, 0.05) is 13.6 Å². The van der Waals surface area contributed by atoms with Crippen molar-refractivity contribution < 1.29 is 8.42 Å². The predicted molar refractivity (Wildman–Crippen MR) is 74.8 cm³/mol. The molecule has 1 rings (SSSR count). The number of hydrogen-bond donors (Lipinski definition) is 2. The molecule has 0 heterocycles. The number of nitrogens with zero attached hydrogens (tertiary/aromatic N) is 1. The van der Waals surface area contributed by atoms with E-state index in [1.807, 2.05) is 19.9 Å². The van der Waals surface area contributed by atoms with E-state index in [0.717, 1.165) is 11.1 Å². The van der Waals surface area contributed by atoms with Crippen molar-refractivity contribution in [3.05, 3.63) is 29.3 Å². The Morgan fingerprint density at radius 3 is 2.28 bits per heavy atom. The van der Waals surface area contributed by atoms with Crippen molar-refractivity contribution >= 4 is 15.9 Å². The Hall–Kier alpha value is -1.11. The first-order valence-electron chi connectivity index (χ1n) is 5.87. The molecule has 1 aromatic carbocycles. The molecular weight excluding hydrogens is 250 g/mol. The average molecular weight is 271 g/mol. The molecule has 0 aromatic heterocycles. The molecular formula is C12H21N3O2S. The average Bonchev–Trinajstić information content (AvgIpc) is 2.23. The van der Waals surface area contributed by atoms with Gasteiger partial charge in [0.05, 0.1) is 5.69 Å². The van der Waals surface area contributed by atoms with Crippen molar-refractivity contribution in [3.63, 3.8) is 0 Å². The van der Waals surface area contributed by atoms with Crippen molar-refractivity contribution in [1.29, 1.82) is 0 Å². The van der Waals surface area contributed by atoms with Gasteiger partial charge >= 0.3 is 10.2 Å². The Labute approximate surface area is 109 Å². The predicted octanol–water partition coefficient (Wildman–Crippen LogP) is 1.24. The fourth-order valence-corrected chi connectivity index (χ4v) is 2.64.